The fourth-order valence-electron chi connectivity index (χ4n) is 2.13. The van der Waals surface area contributed by atoms with E-state index in [1.807, 2.05) is 0 Å². The third-order valence-corrected chi connectivity index (χ3v) is 2.98. The molecular weight excluding hydrogens is 178 g/mol. The lowest BCUT2D eigenvalue weighted by Gasteiger charge is -2.30. The van der Waals surface area contributed by atoms with Crippen LogP contribution in [0.15, 0.2) is 0 Å². The van der Waals surface area contributed by atoms with E-state index in [0.29, 0.717) is 12.1 Å². The van der Waals surface area contributed by atoms with E-state index in [1.165, 1.54) is 6.42 Å². The highest BCUT2D eigenvalue weighted by Gasteiger charge is 2.21. The highest BCUT2D eigenvalue weighted by molar-refractivity contribution is 4.80. The number of aliphatic hydroxyl groups excluding tert-OH is 1. The Hall–Kier alpha value is -0.120. The van der Waals surface area contributed by atoms with E-state index in [9.17, 15) is 5.11 Å². The monoisotopic (exact) mass is 201 g/mol. The van der Waals surface area contributed by atoms with Crippen molar-refractivity contribution in [1.82, 2.24) is 5.32 Å². The molecule has 0 saturated heterocycles. The summed E-state index contributed by atoms with van der Waals surface area (Å²) in [6.07, 6.45) is 5.20. The lowest BCUT2D eigenvalue weighted by molar-refractivity contribution is 0.0977. The second-order valence-corrected chi connectivity index (χ2v) is 4.24. The van der Waals surface area contributed by atoms with Crippen molar-refractivity contribution in [3.05, 3.63) is 0 Å². The maximum Gasteiger partial charge on any atom is 0.0615 e. The Kier molecular flexibility index (Phi) is 5.45. The lowest BCUT2D eigenvalue weighted by Crippen LogP contribution is -2.43. The van der Waals surface area contributed by atoms with Gasteiger partial charge < -0.3 is 15.2 Å². The topological polar surface area (TPSA) is 41.5 Å². The van der Waals surface area contributed by atoms with Crippen molar-refractivity contribution in [3.63, 3.8) is 0 Å². The van der Waals surface area contributed by atoms with Crippen LogP contribution in [0.3, 0.4) is 0 Å². The van der Waals surface area contributed by atoms with Crippen molar-refractivity contribution in [2.45, 2.75) is 57.2 Å². The Bertz CT molecular complexity index is 152. The summed E-state index contributed by atoms with van der Waals surface area (Å²) < 4.78 is 5.14. The van der Waals surface area contributed by atoms with Crippen molar-refractivity contribution >= 4 is 0 Å². The maximum absolute atomic E-state index is 9.52. The summed E-state index contributed by atoms with van der Waals surface area (Å²) in [7, 11) is 1.74. The van der Waals surface area contributed by atoms with Crippen LogP contribution in [0.1, 0.15) is 39.0 Å². The molecule has 0 aromatic rings. The zero-order valence-corrected chi connectivity index (χ0v) is 9.33. The van der Waals surface area contributed by atoms with Crippen molar-refractivity contribution in [3.8, 4) is 0 Å². The summed E-state index contributed by atoms with van der Waals surface area (Å²) in [4.78, 5) is 0. The van der Waals surface area contributed by atoms with E-state index in [-0.39, 0.29) is 6.10 Å². The van der Waals surface area contributed by atoms with E-state index < -0.39 is 0 Å². The molecule has 84 valence electrons. The molecule has 0 aromatic heterocycles. The number of aliphatic hydroxyl groups is 1. The van der Waals surface area contributed by atoms with Crippen LogP contribution in [0.5, 0.6) is 0 Å². The summed E-state index contributed by atoms with van der Waals surface area (Å²) in [6, 6.07) is 0.925. The molecule has 3 heteroatoms. The van der Waals surface area contributed by atoms with Gasteiger partial charge in [-0.25, -0.2) is 0 Å². The Morgan fingerprint density at radius 3 is 2.86 bits per heavy atom. The van der Waals surface area contributed by atoms with Gasteiger partial charge in [-0.1, -0.05) is 6.92 Å². The second kappa shape index (κ2) is 6.38. The quantitative estimate of drug-likeness (QED) is 0.704. The molecule has 1 fully saturated rings. The third kappa shape index (κ3) is 3.95. The molecule has 1 rings (SSSR count). The lowest BCUT2D eigenvalue weighted by atomic mass is 9.92. The molecule has 14 heavy (non-hydrogen) atoms. The van der Waals surface area contributed by atoms with Crippen molar-refractivity contribution in [2.24, 2.45) is 0 Å². The molecule has 1 aliphatic rings. The largest absolute Gasteiger partial charge is 0.393 e. The zero-order chi connectivity index (χ0) is 10.4. The molecule has 3 atom stereocenters. The minimum Gasteiger partial charge on any atom is -0.393 e. The Balaban J connectivity index is 2.26. The van der Waals surface area contributed by atoms with Gasteiger partial charge in [0.25, 0.3) is 0 Å². The molecule has 0 radical (unpaired) electrons. The SMILES string of the molecule is CCC(COC)NC1CCCC(O)C1. The van der Waals surface area contributed by atoms with Crippen LogP contribution >= 0.6 is 0 Å². The smallest absolute Gasteiger partial charge is 0.0615 e. The maximum atomic E-state index is 9.52. The summed E-state index contributed by atoms with van der Waals surface area (Å²) >= 11 is 0. The molecule has 1 aliphatic carbocycles. The summed E-state index contributed by atoms with van der Waals surface area (Å²) in [5.41, 5.74) is 0. The van der Waals surface area contributed by atoms with Crippen LogP contribution in [0.2, 0.25) is 0 Å². The number of nitrogens with one attached hydrogen (secondary N) is 1. The van der Waals surface area contributed by atoms with Gasteiger partial charge in [-0.2, -0.15) is 0 Å². The highest BCUT2D eigenvalue weighted by atomic mass is 16.5. The third-order valence-electron chi connectivity index (χ3n) is 2.98. The van der Waals surface area contributed by atoms with Crippen molar-refractivity contribution < 1.29 is 9.84 Å². The van der Waals surface area contributed by atoms with Crippen LogP contribution in [0.4, 0.5) is 0 Å². The van der Waals surface area contributed by atoms with Gasteiger partial charge in [-0.15, -0.1) is 0 Å². The van der Waals surface area contributed by atoms with E-state index in [0.717, 1.165) is 32.3 Å². The van der Waals surface area contributed by atoms with Gasteiger partial charge in [0.05, 0.1) is 12.7 Å². The van der Waals surface area contributed by atoms with Gasteiger partial charge in [-0.3, -0.25) is 0 Å². The van der Waals surface area contributed by atoms with Crippen LogP contribution in [0.25, 0.3) is 0 Å². The minimum absolute atomic E-state index is 0.0960. The average molecular weight is 201 g/mol. The number of methoxy groups -OCH3 is 1. The first-order chi connectivity index (χ1) is 6.76. The van der Waals surface area contributed by atoms with Crippen molar-refractivity contribution in [1.29, 1.82) is 0 Å². The first-order valence-electron chi connectivity index (χ1n) is 5.69. The Morgan fingerprint density at radius 2 is 2.29 bits per heavy atom. The van der Waals surface area contributed by atoms with E-state index in [4.69, 9.17) is 4.74 Å². The van der Waals surface area contributed by atoms with Crippen LogP contribution < -0.4 is 5.32 Å². The fraction of sp³-hybridized carbons (Fsp3) is 1.00. The molecule has 0 amide bonds. The normalized spacial score (nSPS) is 30.2. The average Bonchev–Trinajstić information content (AvgIpc) is 2.17. The molecule has 0 bridgehead atoms. The van der Waals surface area contributed by atoms with Crippen LogP contribution in [-0.2, 0) is 4.74 Å². The molecule has 0 spiro atoms. The summed E-state index contributed by atoms with van der Waals surface area (Å²) in [5, 5.41) is 13.1. The molecule has 0 aromatic carbocycles. The van der Waals surface area contributed by atoms with Gasteiger partial charge in [0.15, 0.2) is 0 Å². The van der Waals surface area contributed by atoms with Crippen LogP contribution in [-0.4, -0.2) is 37.0 Å². The van der Waals surface area contributed by atoms with Gasteiger partial charge in [0.2, 0.25) is 0 Å². The van der Waals surface area contributed by atoms with Gasteiger partial charge in [-0.05, 0) is 32.1 Å². The first kappa shape index (κ1) is 12.0. The van der Waals surface area contributed by atoms with E-state index in [2.05, 4.69) is 12.2 Å². The van der Waals surface area contributed by atoms with E-state index in [1.54, 1.807) is 7.11 Å². The number of ether oxygens (including phenoxy) is 1. The van der Waals surface area contributed by atoms with Gasteiger partial charge in [0.1, 0.15) is 0 Å². The fourth-order valence-corrected chi connectivity index (χ4v) is 2.13. The predicted molar refractivity (Wildman–Crippen MR) is 57.4 cm³/mol. The molecule has 2 N–H and O–H groups in total. The number of hydrogen-bond donors (Lipinski definition) is 2. The van der Waals surface area contributed by atoms with Crippen molar-refractivity contribution in [2.75, 3.05) is 13.7 Å². The second-order valence-electron chi connectivity index (χ2n) is 4.24. The van der Waals surface area contributed by atoms with Gasteiger partial charge in [0, 0.05) is 19.2 Å². The Labute approximate surface area is 86.8 Å². The standard InChI is InChI=1S/C11H23NO2/c1-3-9(8-14-2)12-10-5-4-6-11(13)7-10/h9-13H,3-8H2,1-2H3. The molecule has 1 saturated carbocycles. The first-order valence-corrected chi connectivity index (χ1v) is 5.69. The molecule has 0 aliphatic heterocycles. The number of rotatable bonds is 5. The van der Waals surface area contributed by atoms with Crippen LogP contribution in [0, 0.1) is 0 Å². The predicted octanol–water partition coefficient (Wildman–Crippen LogP) is 1.30. The number of hydrogen-bond acceptors (Lipinski definition) is 3. The molecule has 0 heterocycles. The van der Waals surface area contributed by atoms with E-state index >= 15 is 0 Å². The molecule has 3 nitrogen and oxygen atoms in total. The Morgan fingerprint density at radius 1 is 1.50 bits per heavy atom. The summed E-state index contributed by atoms with van der Waals surface area (Å²) in [6.45, 7) is 2.93. The summed E-state index contributed by atoms with van der Waals surface area (Å²) in [5.74, 6) is 0. The minimum atomic E-state index is -0.0960. The molecular formula is C11H23NO2. The zero-order valence-electron chi connectivity index (χ0n) is 9.33. The van der Waals surface area contributed by atoms with Gasteiger partial charge >= 0.3 is 0 Å². The molecule has 3 unspecified atom stereocenters. The highest BCUT2D eigenvalue weighted by Crippen LogP contribution is 2.18.